The van der Waals surface area contributed by atoms with Gasteiger partial charge in [-0.2, -0.15) is 0 Å². The maximum atomic E-state index is 9.81. The van der Waals surface area contributed by atoms with Crippen LogP contribution < -0.4 is 9.47 Å². The zero-order valence-electron chi connectivity index (χ0n) is 20.7. The number of hydrogen-bond donors (Lipinski definition) is 1. The SMILES string of the molecule is COc1ccc2c(c1)c(C)c(-c1ccc(O)cc1)n2Cc1ccc(OCCN2CCCCC2)cc1. The summed E-state index contributed by atoms with van der Waals surface area (Å²) in [4.78, 5) is 2.50. The second kappa shape index (κ2) is 10.4. The van der Waals surface area contributed by atoms with Crippen LogP contribution in [0.2, 0.25) is 0 Å². The van der Waals surface area contributed by atoms with Gasteiger partial charge in [-0.1, -0.05) is 18.6 Å². The Morgan fingerprint density at radius 3 is 2.29 bits per heavy atom. The van der Waals surface area contributed by atoms with Crippen LogP contribution in [0.4, 0.5) is 0 Å². The molecule has 0 amide bonds. The number of hydrogen-bond acceptors (Lipinski definition) is 4. The lowest BCUT2D eigenvalue weighted by atomic mass is 10.1. The normalized spacial score (nSPS) is 14.3. The van der Waals surface area contributed by atoms with E-state index in [9.17, 15) is 5.11 Å². The highest BCUT2D eigenvalue weighted by atomic mass is 16.5. The molecule has 3 aromatic carbocycles. The van der Waals surface area contributed by atoms with E-state index < -0.39 is 0 Å². The summed E-state index contributed by atoms with van der Waals surface area (Å²) in [6.45, 7) is 7.01. The van der Waals surface area contributed by atoms with Crippen molar-refractivity contribution in [2.45, 2.75) is 32.7 Å². The first-order valence-electron chi connectivity index (χ1n) is 12.5. The maximum absolute atomic E-state index is 9.81. The second-order valence-electron chi connectivity index (χ2n) is 9.38. The highest BCUT2D eigenvalue weighted by Gasteiger charge is 2.17. The van der Waals surface area contributed by atoms with Crippen LogP contribution in [0.1, 0.15) is 30.4 Å². The number of nitrogens with zero attached hydrogens (tertiary/aromatic N) is 2. The van der Waals surface area contributed by atoms with Crippen molar-refractivity contribution in [3.63, 3.8) is 0 Å². The highest BCUT2D eigenvalue weighted by Crippen LogP contribution is 2.36. The molecule has 5 rings (SSSR count). The van der Waals surface area contributed by atoms with Crippen molar-refractivity contribution in [3.05, 3.63) is 77.9 Å². The monoisotopic (exact) mass is 470 g/mol. The fourth-order valence-electron chi connectivity index (χ4n) is 5.13. The number of aromatic nitrogens is 1. The summed E-state index contributed by atoms with van der Waals surface area (Å²) in [5, 5.41) is 11.0. The van der Waals surface area contributed by atoms with E-state index in [1.165, 1.54) is 48.9 Å². The van der Waals surface area contributed by atoms with E-state index in [1.54, 1.807) is 19.2 Å². The van der Waals surface area contributed by atoms with Crippen molar-refractivity contribution in [1.29, 1.82) is 0 Å². The molecule has 182 valence electrons. The van der Waals surface area contributed by atoms with Crippen molar-refractivity contribution in [3.8, 4) is 28.5 Å². The van der Waals surface area contributed by atoms with E-state index in [-0.39, 0.29) is 5.75 Å². The molecule has 1 fully saturated rings. The minimum atomic E-state index is 0.270. The predicted molar refractivity (Wildman–Crippen MR) is 142 cm³/mol. The van der Waals surface area contributed by atoms with E-state index in [2.05, 4.69) is 52.8 Å². The molecule has 1 aliphatic rings. The van der Waals surface area contributed by atoms with Crippen molar-refractivity contribution >= 4 is 10.9 Å². The fourth-order valence-corrected chi connectivity index (χ4v) is 5.13. The number of ether oxygens (including phenoxy) is 2. The molecular weight excluding hydrogens is 436 g/mol. The van der Waals surface area contributed by atoms with Gasteiger partial charge in [-0.25, -0.2) is 0 Å². The Morgan fingerprint density at radius 2 is 1.57 bits per heavy atom. The molecule has 0 spiro atoms. The Morgan fingerprint density at radius 1 is 0.857 bits per heavy atom. The number of aryl methyl sites for hydroxylation is 1. The van der Waals surface area contributed by atoms with E-state index in [0.717, 1.165) is 48.0 Å². The average molecular weight is 471 g/mol. The minimum absolute atomic E-state index is 0.270. The minimum Gasteiger partial charge on any atom is -0.508 e. The highest BCUT2D eigenvalue weighted by molar-refractivity contribution is 5.92. The number of methoxy groups -OCH3 is 1. The number of piperidine rings is 1. The van der Waals surface area contributed by atoms with Crippen LogP contribution in [0.5, 0.6) is 17.2 Å². The Kier molecular flexibility index (Phi) is 6.96. The maximum Gasteiger partial charge on any atom is 0.119 e. The summed E-state index contributed by atoms with van der Waals surface area (Å²) in [5.74, 6) is 2.04. The summed E-state index contributed by atoms with van der Waals surface area (Å²) >= 11 is 0. The largest absolute Gasteiger partial charge is 0.508 e. The first kappa shape index (κ1) is 23.3. The summed E-state index contributed by atoms with van der Waals surface area (Å²) < 4.78 is 13.9. The molecule has 5 heteroatoms. The lowest BCUT2D eigenvalue weighted by Crippen LogP contribution is -2.33. The summed E-state index contributed by atoms with van der Waals surface area (Å²) in [7, 11) is 1.70. The molecule has 5 nitrogen and oxygen atoms in total. The number of rotatable bonds is 8. The second-order valence-corrected chi connectivity index (χ2v) is 9.38. The lowest BCUT2D eigenvalue weighted by molar-refractivity contribution is 0.183. The number of benzene rings is 3. The van der Waals surface area contributed by atoms with Gasteiger partial charge in [0.15, 0.2) is 0 Å². The number of phenols is 1. The molecule has 35 heavy (non-hydrogen) atoms. The average Bonchev–Trinajstić information content (AvgIpc) is 3.16. The topological polar surface area (TPSA) is 46.9 Å². The van der Waals surface area contributed by atoms with Gasteiger partial charge in [0.2, 0.25) is 0 Å². The molecule has 0 atom stereocenters. The van der Waals surface area contributed by atoms with E-state index in [1.807, 2.05) is 18.2 Å². The van der Waals surface area contributed by atoms with Gasteiger partial charge in [0.1, 0.15) is 23.9 Å². The van der Waals surface area contributed by atoms with Gasteiger partial charge in [0.25, 0.3) is 0 Å². The third kappa shape index (κ3) is 5.15. The van der Waals surface area contributed by atoms with Gasteiger partial charge >= 0.3 is 0 Å². The van der Waals surface area contributed by atoms with Crippen LogP contribution in [-0.2, 0) is 6.54 Å². The van der Waals surface area contributed by atoms with Crippen LogP contribution in [0.3, 0.4) is 0 Å². The summed E-state index contributed by atoms with van der Waals surface area (Å²) in [5.41, 5.74) is 5.79. The third-order valence-corrected chi connectivity index (χ3v) is 7.05. The van der Waals surface area contributed by atoms with Crippen LogP contribution >= 0.6 is 0 Å². The molecule has 1 aliphatic heterocycles. The zero-order chi connectivity index (χ0) is 24.2. The number of likely N-dealkylation sites (tertiary alicyclic amines) is 1. The first-order chi connectivity index (χ1) is 17.1. The number of fused-ring (bicyclic) bond motifs is 1. The Hall–Kier alpha value is -3.44. The smallest absolute Gasteiger partial charge is 0.119 e. The van der Waals surface area contributed by atoms with Gasteiger partial charge in [0, 0.05) is 24.0 Å². The molecule has 1 N–H and O–H groups in total. The molecule has 0 unspecified atom stereocenters. The van der Waals surface area contributed by atoms with Crippen molar-refractivity contribution < 1.29 is 14.6 Å². The molecule has 1 saturated heterocycles. The Bertz CT molecular complexity index is 1270. The number of aromatic hydroxyl groups is 1. The Labute approximate surface area is 207 Å². The van der Waals surface area contributed by atoms with E-state index in [0.29, 0.717) is 0 Å². The first-order valence-corrected chi connectivity index (χ1v) is 12.5. The fraction of sp³-hybridized carbons (Fsp3) is 0.333. The molecule has 0 saturated carbocycles. The standard InChI is InChI=1S/C30H34N2O3/c1-22-28-20-27(34-2)14-15-29(28)32(30(22)24-8-10-25(33)11-9-24)21-23-6-12-26(13-7-23)35-19-18-31-16-4-3-5-17-31/h6-15,20,33H,3-5,16-19,21H2,1-2H3. The van der Waals surface area contributed by atoms with Gasteiger partial charge in [-0.05, 0) is 104 Å². The lowest BCUT2D eigenvalue weighted by Gasteiger charge is -2.26. The quantitative estimate of drug-likeness (QED) is 0.331. The van der Waals surface area contributed by atoms with Gasteiger partial charge in [-0.15, -0.1) is 0 Å². The van der Waals surface area contributed by atoms with E-state index >= 15 is 0 Å². The number of phenolic OH excluding ortho intramolecular Hbond substituents is 1. The van der Waals surface area contributed by atoms with Crippen molar-refractivity contribution in [2.75, 3.05) is 33.4 Å². The van der Waals surface area contributed by atoms with Crippen molar-refractivity contribution in [2.24, 2.45) is 0 Å². The van der Waals surface area contributed by atoms with Crippen LogP contribution in [0, 0.1) is 6.92 Å². The Balaban J connectivity index is 1.39. The molecule has 4 aromatic rings. The van der Waals surface area contributed by atoms with Crippen LogP contribution in [0.25, 0.3) is 22.2 Å². The van der Waals surface area contributed by atoms with Gasteiger partial charge < -0.3 is 19.1 Å². The van der Waals surface area contributed by atoms with Gasteiger partial charge in [-0.3, -0.25) is 4.90 Å². The molecular formula is C30H34N2O3. The summed E-state index contributed by atoms with van der Waals surface area (Å²) in [6.07, 6.45) is 3.97. The third-order valence-electron chi connectivity index (χ3n) is 7.05. The van der Waals surface area contributed by atoms with Gasteiger partial charge in [0.05, 0.1) is 12.8 Å². The van der Waals surface area contributed by atoms with Crippen molar-refractivity contribution in [1.82, 2.24) is 9.47 Å². The van der Waals surface area contributed by atoms with E-state index in [4.69, 9.17) is 9.47 Å². The predicted octanol–water partition coefficient (Wildman–Crippen LogP) is 6.24. The zero-order valence-corrected chi connectivity index (χ0v) is 20.7. The molecule has 1 aromatic heterocycles. The molecule has 0 aliphatic carbocycles. The molecule has 0 bridgehead atoms. The molecule has 0 radical (unpaired) electrons. The van der Waals surface area contributed by atoms with Crippen LogP contribution in [-0.4, -0.2) is 47.9 Å². The summed E-state index contributed by atoms with van der Waals surface area (Å²) in [6, 6.07) is 22.1. The molecule has 2 heterocycles. The van der Waals surface area contributed by atoms with Crippen LogP contribution in [0.15, 0.2) is 66.7 Å².